The molecule has 0 aromatic heterocycles. The van der Waals surface area contributed by atoms with Crippen molar-refractivity contribution in [2.75, 3.05) is 13.2 Å². The summed E-state index contributed by atoms with van der Waals surface area (Å²) in [5, 5.41) is 10.3. The van der Waals surface area contributed by atoms with Gasteiger partial charge >= 0.3 is 0 Å². The summed E-state index contributed by atoms with van der Waals surface area (Å²) in [5.41, 5.74) is 0.741. The van der Waals surface area contributed by atoms with Crippen LogP contribution in [-0.2, 0) is 0 Å². The summed E-state index contributed by atoms with van der Waals surface area (Å²) in [4.78, 5) is 0. The van der Waals surface area contributed by atoms with Crippen LogP contribution in [0.1, 0.15) is 101 Å². The van der Waals surface area contributed by atoms with Crippen molar-refractivity contribution in [3.8, 4) is 11.5 Å². The number of hydrogen-bond donors (Lipinski definition) is 1. The third-order valence-corrected chi connectivity index (χ3v) is 8.83. The average molecular weight is 563 g/mol. The van der Waals surface area contributed by atoms with Gasteiger partial charge in [0.05, 0.1) is 19.3 Å². The molecule has 2 aliphatic carbocycles. The first-order valence-electron chi connectivity index (χ1n) is 14.8. The highest BCUT2D eigenvalue weighted by molar-refractivity contribution is 5.34. The second kappa shape index (κ2) is 14.4. The largest absolute Gasteiger partial charge is 0.490 e. The minimum Gasteiger partial charge on any atom is -0.490 e. The van der Waals surface area contributed by atoms with E-state index in [1.165, 1.54) is 12.1 Å². The molecule has 40 heavy (non-hydrogen) atoms. The van der Waals surface area contributed by atoms with Crippen LogP contribution in [0.25, 0.3) is 0 Å². The highest BCUT2D eigenvalue weighted by Gasteiger charge is 2.30. The van der Waals surface area contributed by atoms with Gasteiger partial charge in [0.25, 0.3) is 0 Å². The molecule has 1 atom stereocenters. The van der Waals surface area contributed by atoms with E-state index in [0.717, 1.165) is 51.4 Å². The Morgan fingerprint density at radius 2 is 1.32 bits per heavy atom. The van der Waals surface area contributed by atoms with E-state index in [1.807, 2.05) is 6.92 Å². The van der Waals surface area contributed by atoms with Crippen molar-refractivity contribution in [2.24, 2.45) is 11.8 Å². The van der Waals surface area contributed by atoms with Gasteiger partial charge in [0.15, 0.2) is 23.1 Å². The van der Waals surface area contributed by atoms with E-state index in [4.69, 9.17) is 9.47 Å². The summed E-state index contributed by atoms with van der Waals surface area (Å²) in [6.45, 7) is 6.12. The summed E-state index contributed by atoms with van der Waals surface area (Å²) in [6.07, 6.45) is 9.46. The summed E-state index contributed by atoms with van der Waals surface area (Å²) in [6, 6.07) is 6.24. The first kappa shape index (κ1) is 30.4. The van der Waals surface area contributed by atoms with Crippen molar-refractivity contribution < 1.29 is 32.1 Å². The van der Waals surface area contributed by atoms with Gasteiger partial charge in [-0.25, -0.2) is 8.78 Å². The van der Waals surface area contributed by atoms with Gasteiger partial charge in [-0.2, -0.15) is 8.78 Å². The van der Waals surface area contributed by atoms with Crippen molar-refractivity contribution in [1.82, 2.24) is 0 Å². The fourth-order valence-electron chi connectivity index (χ4n) is 6.39. The number of benzene rings is 2. The molecule has 0 amide bonds. The predicted molar refractivity (Wildman–Crippen MR) is 149 cm³/mol. The zero-order valence-electron chi connectivity index (χ0n) is 23.4. The molecule has 2 aromatic carbocycles. The highest BCUT2D eigenvalue weighted by Crippen LogP contribution is 2.41. The van der Waals surface area contributed by atoms with Crippen LogP contribution in [0.15, 0.2) is 36.9 Å². The Morgan fingerprint density at radius 1 is 0.800 bits per heavy atom. The Morgan fingerprint density at radius 3 is 1.85 bits per heavy atom. The van der Waals surface area contributed by atoms with Crippen LogP contribution in [-0.4, -0.2) is 24.4 Å². The maximum atomic E-state index is 15.0. The SMILES string of the molecule is C=CCCOc1ccc(C2CCC(COc3ccc(C4CCC(C(O)CCC)CC4)c(F)c3F)CC2)c(F)c1F. The van der Waals surface area contributed by atoms with E-state index in [-0.39, 0.29) is 54.5 Å². The standard InChI is InChI=1S/C33H42F4O3/c1-3-5-19-39-28-17-15-25(30(34)32(28)36)22-9-7-21(8-10-22)20-40-29-18-16-26(31(35)33(29)37)23-11-13-24(14-12-23)27(38)6-4-2/h3,15-18,21-24,27,38H,1,4-14,19-20H2,2H3. The molecule has 0 saturated heterocycles. The third kappa shape index (κ3) is 7.20. The van der Waals surface area contributed by atoms with Gasteiger partial charge < -0.3 is 14.6 Å². The molecule has 0 radical (unpaired) electrons. The molecule has 0 bridgehead atoms. The van der Waals surface area contributed by atoms with Crippen LogP contribution in [0.5, 0.6) is 11.5 Å². The molecule has 2 aromatic rings. The zero-order valence-corrected chi connectivity index (χ0v) is 23.4. The topological polar surface area (TPSA) is 38.7 Å². The lowest BCUT2D eigenvalue weighted by Gasteiger charge is -2.32. The van der Waals surface area contributed by atoms with Crippen molar-refractivity contribution in [3.05, 3.63) is 71.3 Å². The summed E-state index contributed by atoms with van der Waals surface area (Å²) < 4.78 is 70.3. The monoisotopic (exact) mass is 562 g/mol. The smallest absolute Gasteiger partial charge is 0.200 e. The van der Waals surface area contributed by atoms with E-state index >= 15 is 4.39 Å². The minimum atomic E-state index is -0.963. The molecule has 2 aliphatic rings. The molecule has 220 valence electrons. The molecule has 2 saturated carbocycles. The molecular formula is C33H42F4O3. The van der Waals surface area contributed by atoms with E-state index in [0.29, 0.717) is 30.4 Å². The van der Waals surface area contributed by atoms with Crippen molar-refractivity contribution in [2.45, 2.75) is 95.5 Å². The fourth-order valence-corrected chi connectivity index (χ4v) is 6.39. The Labute approximate surface area is 235 Å². The van der Waals surface area contributed by atoms with Crippen molar-refractivity contribution in [1.29, 1.82) is 0 Å². The van der Waals surface area contributed by atoms with Gasteiger partial charge in [0, 0.05) is 0 Å². The Hall–Kier alpha value is -2.54. The molecule has 1 N–H and O–H groups in total. The fraction of sp³-hybridized carbons (Fsp3) is 0.576. The van der Waals surface area contributed by atoms with Crippen LogP contribution in [0.4, 0.5) is 17.6 Å². The number of hydrogen-bond acceptors (Lipinski definition) is 3. The van der Waals surface area contributed by atoms with Crippen LogP contribution < -0.4 is 9.47 Å². The normalized spacial score (nSPS) is 23.9. The van der Waals surface area contributed by atoms with Crippen molar-refractivity contribution >= 4 is 0 Å². The molecule has 3 nitrogen and oxygen atoms in total. The minimum absolute atomic E-state index is 0.0538. The Balaban J connectivity index is 1.28. The summed E-state index contributed by atoms with van der Waals surface area (Å²) >= 11 is 0. The van der Waals surface area contributed by atoms with Crippen molar-refractivity contribution in [3.63, 3.8) is 0 Å². The van der Waals surface area contributed by atoms with Crippen LogP contribution in [0, 0.1) is 35.1 Å². The van der Waals surface area contributed by atoms with E-state index in [1.54, 1.807) is 18.2 Å². The first-order valence-corrected chi connectivity index (χ1v) is 14.8. The van der Waals surface area contributed by atoms with Crippen LogP contribution in [0.2, 0.25) is 0 Å². The molecule has 0 spiro atoms. The number of rotatable bonds is 12. The molecule has 2 fully saturated rings. The number of aliphatic hydroxyl groups excluding tert-OH is 1. The van der Waals surface area contributed by atoms with E-state index in [9.17, 15) is 18.3 Å². The molecule has 0 heterocycles. The lowest BCUT2D eigenvalue weighted by Crippen LogP contribution is -2.25. The lowest BCUT2D eigenvalue weighted by atomic mass is 9.76. The second-order valence-electron chi connectivity index (χ2n) is 11.5. The lowest BCUT2D eigenvalue weighted by molar-refractivity contribution is 0.0727. The Kier molecular flexibility index (Phi) is 10.9. The van der Waals surface area contributed by atoms with Gasteiger partial charge in [-0.05, 0) is 111 Å². The van der Waals surface area contributed by atoms with E-state index < -0.39 is 23.3 Å². The molecule has 7 heteroatoms. The molecule has 0 aliphatic heterocycles. The highest BCUT2D eigenvalue weighted by atomic mass is 19.2. The molecular weight excluding hydrogens is 520 g/mol. The third-order valence-electron chi connectivity index (χ3n) is 8.83. The van der Waals surface area contributed by atoms with Gasteiger partial charge in [-0.1, -0.05) is 31.6 Å². The maximum Gasteiger partial charge on any atom is 0.200 e. The van der Waals surface area contributed by atoms with E-state index in [2.05, 4.69) is 6.58 Å². The molecule has 1 unspecified atom stereocenters. The zero-order chi connectivity index (χ0) is 28.6. The van der Waals surface area contributed by atoms with Gasteiger partial charge in [-0.3, -0.25) is 0 Å². The van der Waals surface area contributed by atoms with Gasteiger partial charge in [0.1, 0.15) is 0 Å². The number of aliphatic hydroxyl groups is 1. The summed E-state index contributed by atoms with van der Waals surface area (Å²) in [7, 11) is 0. The van der Waals surface area contributed by atoms with Gasteiger partial charge in [-0.15, -0.1) is 6.58 Å². The van der Waals surface area contributed by atoms with Crippen LogP contribution >= 0.6 is 0 Å². The average Bonchev–Trinajstić information content (AvgIpc) is 2.97. The Bertz CT molecular complexity index is 1120. The summed E-state index contributed by atoms with van der Waals surface area (Å²) in [5.74, 6) is -3.61. The number of halogens is 4. The first-order chi connectivity index (χ1) is 19.3. The van der Waals surface area contributed by atoms with Crippen LogP contribution in [0.3, 0.4) is 0 Å². The van der Waals surface area contributed by atoms with Gasteiger partial charge in [0.2, 0.25) is 11.6 Å². The predicted octanol–water partition coefficient (Wildman–Crippen LogP) is 8.99. The quantitative estimate of drug-likeness (QED) is 0.159. The molecule has 4 rings (SSSR count). The maximum absolute atomic E-state index is 15.0. The number of ether oxygens (including phenoxy) is 2. The second-order valence-corrected chi connectivity index (χ2v) is 11.5.